The molecule has 3 N–H and O–H groups in total. The summed E-state index contributed by atoms with van der Waals surface area (Å²) >= 11 is 0. The predicted molar refractivity (Wildman–Crippen MR) is 57.4 cm³/mol. The smallest absolute Gasteiger partial charge is 0.155 e. The molecular weight excluding hydrogens is 216 g/mol. The van der Waals surface area contributed by atoms with Crippen molar-refractivity contribution in [2.24, 2.45) is 5.73 Å². The van der Waals surface area contributed by atoms with Gasteiger partial charge in [-0.05, 0) is 12.1 Å². The van der Waals surface area contributed by atoms with Crippen LogP contribution in [0.25, 0.3) is 5.82 Å². The van der Waals surface area contributed by atoms with Crippen molar-refractivity contribution < 1.29 is 0 Å². The standard InChI is InChI=1S/C8H8N6.ClH/c9-8(10)6-1-2-12-7(3-6)14-5-11-4-13-14;/h1-5H,(H3,9,10);1H. The topological polar surface area (TPSA) is 93.5 Å². The van der Waals surface area contributed by atoms with Crippen LogP contribution in [0, 0.1) is 5.41 Å². The number of aromatic nitrogens is 4. The minimum absolute atomic E-state index is 0. The molecule has 0 radical (unpaired) electrons. The van der Waals surface area contributed by atoms with Crippen LogP contribution < -0.4 is 5.73 Å². The molecule has 7 heteroatoms. The molecule has 2 heterocycles. The van der Waals surface area contributed by atoms with E-state index >= 15 is 0 Å². The maximum atomic E-state index is 7.26. The Morgan fingerprint density at radius 1 is 1.47 bits per heavy atom. The maximum absolute atomic E-state index is 7.26. The molecule has 0 bridgehead atoms. The number of nitrogens with one attached hydrogen (secondary N) is 1. The van der Waals surface area contributed by atoms with Crippen LogP contribution in [0.4, 0.5) is 0 Å². The minimum atomic E-state index is 0. The zero-order valence-corrected chi connectivity index (χ0v) is 8.48. The summed E-state index contributed by atoms with van der Waals surface area (Å²) in [5.41, 5.74) is 5.96. The lowest BCUT2D eigenvalue weighted by atomic mass is 10.2. The van der Waals surface area contributed by atoms with Gasteiger partial charge in [0, 0.05) is 11.8 Å². The third-order valence-corrected chi connectivity index (χ3v) is 1.71. The monoisotopic (exact) mass is 224 g/mol. The predicted octanol–water partition coefficient (Wildman–Crippen LogP) is 0.368. The second-order valence-electron chi connectivity index (χ2n) is 2.66. The molecule has 0 spiro atoms. The average molecular weight is 225 g/mol. The SMILES string of the molecule is Cl.N=C(N)c1ccnc(-n2cncn2)c1. The Hall–Kier alpha value is -1.95. The van der Waals surface area contributed by atoms with Crippen LogP contribution in [0.15, 0.2) is 31.0 Å². The number of halogens is 1. The van der Waals surface area contributed by atoms with Crippen molar-refractivity contribution >= 4 is 18.2 Å². The van der Waals surface area contributed by atoms with Gasteiger partial charge in [-0.2, -0.15) is 5.10 Å². The molecule has 0 unspecified atom stereocenters. The molecule has 0 aliphatic carbocycles. The fraction of sp³-hybridized carbons (Fsp3) is 0. The van der Waals surface area contributed by atoms with E-state index in [0.29, 0.717) is 11.4 Å². The molecule has 2 rings (SSSR count). The van der Waals surface area contributed by atoms with Crippen molar-refractivity contribution in [2.45, 2.75) is 0 Å². The van der Waals surface area contributed by atoms with Crippen molar-refractivity contribution in [3.63, 3.8) is 0 Å². The number of hydrogen-bond donors (Lipinski definition) is 2. The first-order valence-electron chi connectivity index (χ1n) is 3.93. The highest BCUT2D eigenvalue weighted by atomic mass is 35.5. The molecule has 0 aliphatic heterocycles. The lowest BCUT2D eigenvalue weighted by Gasteiger charge is -2.01. The van der Waals surface area contributed by atoms with E-state index in [2.05, 4.69) is 15.1 Å². The van der Waals surface area contributed by atoms with Gasteiger partial charge in [0.25, 0.3) is 0 Å². The van der Waals surface area contributed by atoms with Crippen molar-refractivity contribution in [3.8, 4) is 5.82 Å². The number of nitrogens with zero attached hydrogens (tertiary/aromatic N) is 4. The van der Waals surface area contributed by atoms with Gasteiger partial charge < -0.3 is 5.73 Å². The summed E-state index contributed by atoms with van der Waals surface area (Å²) in [6.45, 7) is 0. The van der Waals surface area contributed by atoms with Gasteiger partial charge in [0.15, 0.2) is 5.82 Å². The first kappa shape index (κ1) is 11.1. The summed E-state index contributed by atoms with van der Waals surface area (Å²) < 4.78 is 1.51. The Kier molecular flexibility index (Phi) is 3.35. The Bertz CT molecular complexity index is 452. The maximum Gasteiger partial charge on any atom is 0.155 e. The largest absolute Gasteiger partial charge is 0.384 e. The molecule has 15 heavy (non-hydrogen) atoms. The summed E-state index contributed by atoms with van der Waals surface area (Å²) in [6, 6.07) is 3.35. The molecule has 2 aromatic heterocycles. The molecule has 0 atom stereocenters. The Morgan fingerprint density at radius 2 is 2.27 bits per heavy atom. The van der Waals surface area contributed by atoms with Crippen LogP contribution in [0.3, 0.4) is 0 Å². The minimum Gasteiger partial charge on any atom is -0.384 e. The van der Waals surface area contributed by atoms with E-state index in [1.807, 2.05) is 0 Å². The lowest BCUT2D eigenvalue weighted by molar-refractivity contribution is 0.845. The van der Waals surface area contributed by atoms with E-state index in [1.54, 1.807) is 18.3 Å². The molecule has 2 aromatic rings. The first-order valence-corrected chi connectivity index (χ1v) is 3.93. The third kappa shape index (κ3) is 2.29. The van der Waals surface area contributed by atoms with Crippen molar-refractivity contribution in [1.82, 2.24) is 19.7 Å². The Balaban J connectivity index is 0.00000112. The Morgan fingerprint density at radius 3 is 2.87 bits per heavy atom. The highest BCUT2D eigenvalue weighted by Gasteiger charge is 2.01. The summed E-state index contributed by atoms with van der Waals surface area (Å²) in [5.74, 6) is 0.601. The van der Waals surface area contributed by atoms with Gasteiger partial charge in [-0.15, -0.1) is 12.4 Å². The molecule has 0 amide bonds. The summed E-state index contributed by atoms with van der Waals surface area (Å²) in [5, 5.41) is 11.2. The van der Waals surface area contributed by atoms with Crippen molar-refractivity contribution in [3.05, 3.63) is 36.5 Å². The molecule has 0 aliphatic rings. The highest BCUT2D eigenvalue weighted by Crippen LogP contribution is 2.04. The number of nitrogens with two attached hydrogens (primary N) is 1. The van der Waals surface area contributed by atoms with Crippen LogP contribution in [0.1, 0.15) is 5.56 Å². The zero-order chi connectivity index (χ0) is 9.97. The van der Waals surface area contributed by atoms with Gasteiger partial charge in [-0.3, -0.25) is 5.41 Å². The van der Waals surface area contributed by atoms with E-state index in [4.69, 9.17) is 11.1 Å². The van der Waals surface area contributed by atoms with E-state index < -0.39 is 0 Å². The molecular formula is C8H9ClN6. The summed E-state index contributed by atoms with van der Waals surface area (Å²) in [6.07, 6.45) is 4.53. The number of pyridine rings is 1. The Labute approximate surface area is 92.1 Å². The van der Waals surface area contributed by atoms with Gasteiger partial charge >= 0.3 is 0 Å². The van der Waals surface area contributed by atoms with E-state index in [1.165, 1.54) is 17.3 Å². The van der Waals surface area contributed by atoms with Crippen LogP contribution >= 0.6 is 12.4 Å². The van der Waals surface area contributed by atoms with Crippen molar-refractivity contribution in [1.29, 1.82) is 5.41 Å². The quantitative estimate of drug-likeness (QED) is 0.569. The fourth-order valence-electron chi connectivity index (χ4n) is 1.04. The highest BCUT2D eigenvalue weighted by molar-refractivity contribution is 5.95. The van der Waals surface area contributed by atoms with E-state index in [0.717, 1.165) is 0 Å². The normalized spacial score (nSPS) is 9.33. The fourth-order valence-corrected chi connectivity index (χ4v) is 1.04. The summed E-state index contributed by atoms with van der Waals surface area (Å²) in [4.78, 5) is 7.87. The zero-order valence-electron chi connectivity index (χ0n) is 7.66. The molecule has 0 aromatic carbocycles. The molecule has 0 fully saturated rings. The van der Waals surface area contributed by atoms with Gasteiger partial charge in [0.2, 0.25) is 0 Å². The van der Waals surface area contributed by atoms with Crippen molar-refractivity contribution in [2.75, 3.05) is 0 Å². The van der Waals surface area contributed by atoms with E-state index in [-0.39, 0.29) is 18.2 Å². The van der Waals surface area contributed by atoms with Gasteiger partial charge in [0.1, 0.15) is 18.5 Å². The third-order valence-electron chi connectivity index (χ3n) is 1.71. The average Bonchev–Trinajstić information content (AvgIpc) is 2.71. The lowest BCUT2D eigenvalue weighted by Crippen LogP contribution is -2.12. The van der Waals surface area contributed by atoms with Gasteiger partial charge in [0.05, 0.1) is 0 Å². The molecule has 78 valence electrons. The van der Waals surface area contributed by atoms with Gasteiger partial charge in [-0.25, -0.2) is 14.6 Å². The summed E-state index contributed by atoms with van der Waals surface area (Å²) in [7, 11) is 0. The second-order valence-corrected chi connectivity index (χ2v) is 2.66. The molecule has 0 saturated carbocycles. The van der Waals surface area contributed by atoms with Crippen LogP contribution in [-0.2, 0) is 0 Å². The van der Waals surface area contributed by atoms with Crippen LogP contribution in [0.5, 0.6) is 0 Å². The van der Waals surface area contributed by atoms with Crippen LogP contribution in [0.2, 0.25) is 0 Å². The second kappa shape index (κ2) is 4.52. The van der Waals surface area contributed by atoms with E-state index in [9.17, 15) is 0 Å². The first-order chi connectivity index (χ1) is 6.77. The molecule has 6 nitrogen and oxygen atoms in total. The molecule has 0 saturated heterocycles. The number of hydrogen-bond acceptors (Lipinski definition) is 4. The van der Waals surface area contributed by atoms with Gasteiger partial charge in [-0.1, -0.05) is 0 Å². The van der Waals surface area contributed by atoms with Crippen LogP contribution in [-0.4, -0.2) is 25.6 Å². The number of nitrogen functional groups attached to an aromatic ring is 1. The number of rotatable bonds is 2. The number of amidine groups is 1.